The van der Waals surface area contributed by atoms with Crippen molar-refractivity contribution in [2.45, 2.75) is 0 Å². The molecule has 11 heavy (non-hydrogen) atoms. The molecule has 0 radical (unpaired) electrons. The van der Waals surface area contributed by atoms with Gasteiger partial charge in [-0.15, -0.1) is 13.1 Å². The first-order chi connectivity index (χ1) is 4.54. The topological polar surface area (TPSA) is 128 Å². The van der Waals surface area contributed by atoms with Gasteiger partial charge in [-0.05, 0) is 0 Å². The minimum Gasteiger partial charge on any atom is -0.673 e. The standard InChI is InChI=1S/2C2H4NO2.Mg/c2*3-1-2(4)5;/h2*3H,1H2,(H,4,5);/q2*-1;+2/p-2. The summed E-state index contributed by atoms with van der Waals surface area (Å²) < 4.78 is 0. The molecular weight excluding hydrogens is 164 g/mol. The Morgan fingerprint density at radius 1 is 1.00 bits per heavy atom. The Labute approximate surface area is 79.7 Å². The minimum absolute atomic E-state index is 0. The average molecular weight is 170 g/mol. The number of hydrogen-bond acceptors (Lipinski definition) is 4. The maximum absolute atomic E-state index is 9.07. The second-order valence-corrected chi connectivity index (χ2v) is 1.10. The number of aliphatic carboxylic acids is 2. The second kappa shape index (κ2) is 12.3. The summed E-state index contributed by atoms with van der Waals surface area (Å²) in [5.74, 6) is -2.66. The van der Waals surface area contributed by atoms with E-state index in [0.717, 1.165) is 0 Å². The van der Waals surface area contributed by atoms with E-state index in [0.29, 0.717) is 0 Å². The molecule has 0 heterocycles. The van der Waals surface area contributed by atoms with Crippen molar-refractivity contribution >= 4 is 35.0 Å². The van der Waals surface area contributed by atoms with Crippen LogP contribution in [-0.4, -0.2) is 48.1 Å². The molecule has 0 spiro atoms. The fraction of sp³-hybridized carbons (Fsp3) is 0.500. The van der Waals surface area contributed by atoms with Crippen LogP contribution in [0.3, 0.4) is 0 Å². The number of carbonyl (C=O) groups excluding carboxylic acids is 2. The van der Waals surface area contributed by atoms with Crippen molar-refractivity contribution in [3.8, 4) is 0 Å². The summed E-state index contributed by atoms with van der Waals surface area (Å²) in [4.78, 5) is 18.1. The van der Waals surface area contributed by atoms with Gasteiger partial charge in [0, 0.05) is 11.9 Å². The minimum atomic E-state index is -1.33. The van der Waals surface area contributed by atoms with Crippen LogP contribution >= 0.6 is 0 Å². The molecule has 0 rings (SSSR count). The Bertz CT molecular complexity index is 105. The second-order valence-electron chi connectivity index (χ2n) is 1.10. The van der Waals surface area contributed by atoms with Gasteiger partial charge in [0.2, 0.25) is 0 Å². The van der Waals surface area contributed by atoms with E-state index in [9.17, 15) is 0 Å². The Kier molecular flexibility index (Phi) is 19.0. The first-order valence-corrected chi connectivity index (χ1v) is 2.23. The van der Waals surface area contributed by atoms with Gasteiger partial charge in [-0.2, -0.15) is 0 Å². The third kappa shape index (κ3) is 42.6. The summed E-state index contributed by atoms with van der Waals surface area (Å²) in [6, 6.07) is 0. The van der Waals surface area contributed by atoms with Gasteiger partial charge in [0.05, 0.1) is 0 Å². The van der Waals surface area contributed by atoms with Crippen molar-refractivity contribution in [3.05, 3.63) is 11.5 Å². The van der Waals surface area contributed by atoms with E-state index in [1.54, 1.807) is 0 Å². The third-order valence-electron chi connectivity index (χ3n) is 0.289. The van der Waals surface area contributed by atoms with Crippen LogP contribution in [0, 0.1) is 0 Å². The number of nitrogens with one attached hydrogen (secondary N) is 2. The summed E-state index contributed by atoms with van der Waals surface area (Å²) in [6.45, 7) is -1.28. The van der Waals surface area contributed by atoms with E-state index in [1.807, 2.05) is 0 Å². The largest absolute Gasteiger partial charge is 2.00 e. The van der Waals surface area contributed by atoms with Crippen molar-refractivity contribution < 1.29 is 19.8 Å². The van der Waals surface area contributed by atoms with Crippen LogP contribution in [0.2, 0.25) is 0 Å². The van der Waals surface area contributed by atoms with Crippen molar-refractivity contribution in [1.82, 2.24) is 0 Å². The molecule has 0 fully saturated rings. The molecule has 6 nitrogen and oxygen atoms in total. The molecule has 0 amide bonds. The van der Waals surface area contributed by atoms with E-state index in [4.69, 9.17) is 31.3 Å². The van der Waals surface area contributed by atoms with Gasteiger partial charge >= 0.3 is 23.1 Å². The number of carboxylic acids is 2. The fourth-order valence-corrected chi connectivity index (χ4v) is 0. The van der Waals surface area contributed by atoms with Crippen molar-refractivity contribution in [2.75, 3.05) is 13.1 Å². The first kappa shape index (κ1) is 16.9. The molecule has 0 atom stereocenters. The van der Waals surface area contributed by atoms with Crippen LogP contribution in [-0.2, 0) is 9.59 Å². The Morgan fingerprint density at radius 2 is 1.09 bits per heavy atom. The van der Waals surface area contributed by atoms with Crippen LogP contribution in [0.15, 0.2) is 0 Å². The van der Waals surface area contributed by atoms with E-state index in [1.165, 1.54) is 0 Å². The molecule has 0 unspecified atom stereocenters. The molecule has 60 valence electrons. The van der Waals surface area contributed by atoms with E-state index in [2.05, 4.69) is 0 Å². The van der Waals surface area contributed by atoms with Gasteiger partial charge in [-0.3, -0.25) is 0 Å². The molecule has 2 N–H and O–H groups in total. The van der Waals surface area contributed by atoms with Crippen LogP contribution in [0.4, 0.5) is 0 Å². The van der Waals surface area contributed by atoms with Gasteiger partial charge in [-0.1, -0.05) is 0 Å². The number of rotatable bonds is 2. The number of carbonyl (C=O) groups is 2. The summed E-state index contributed by atoms with van der Waals surface area (Å²) in [6.07, 6.45) is 0. The number of hydrogen-bond donors (Lipinski definition) is 0. The van der Waals surface area contributed by atoms with Gasteiger partial charge in [-0.25, -0.2) is 0 Å². The zero-order chi connectivity index (χ0) is 8.57. The molecule has 0 aliphatic rings. The molecule has 0 aromatic rings. The van der Waals surface area contributed by atoms with Gasteiger partial charge < -0.3 is 31.3 Å². The maximum Gasteiger partial charge on any atom is 2.00 e. The molecule has 7 heteroatoms. The average Bonchev–Trinajstić information content (AvgIpc) is 1.89. The van der Waals surface area contributed by atoms with Gasteiger partial charge in [0.1, 0.15) is 0 Å². The van der Waals surface area contributed by atoms with Crippen LogP contribution < -0.4 is 10.2 Å². The normalized spacial score (nSPS) is 6.73. The van der Waals surface area contributed by atoms with Crippen molar-refractivity contribution in [3.63, 3.8) is 0 Å². The summed E-state index contributed by atoms with van der Waals surface area (Å²) in [5, 5.41) is 18.1. The van der Waals surface area contributed by atoms with E-state index >= 15 is 0 Å². The van der Waals surface area contributed by atoms with Gasteiger partial charge in [0.25, 0.3) is 0 Å². The van der Waals surface area contributed by atoms with E-state index in [-0.39, 0.29) is 23.1 Å². The molecule has 0 aliphatic heterocycles. The zero-order valence-corrected chi connectivity index (χ0v) is 7.17. The van der Waals surface area contributed by atoms with E-state index < -0.39 is 25.0 Å². The molecule has 0 aliphatic carbocycles. The SMILES string of the molecule is [Mg+2].[NH-]CC(=O)[O-].[NH-]CC(=O)[O-]. The Balaban J connectivity index is -0.000000107. The van der Waals surface area contributed by atoms with Crippen molar-refractivity contribution in [1.29, 1.82) is 0 Å². The summed E-state index contributed by atoms with van der Waals surface area (Å²) in [5.41, 5.74) is 12.0. The zero-order valence-electron chi connectivity index (χ0n) is 5.75. The molecular formula is C4H6MgN2O4-2. The monoisotopic (exact) mass is 170 g/mol. The third-order valence-corrected chi connectivity index (χ3v) is 0.289. The van der Waals surface area contributed by atoms with Crippen LogP contribution in [0.25, 0.3) is 11.5 Å². The first-order valence-electron chi connectivity index (χ1n) is 2.23. The van der Waals surface area contributed by atoms with Crippen LogP contribution in [0.1, 0.15) is 0 Å². The smallest absolute Gasteiger partial charge is 0.673 e. The van der Waals surface area contributed by atoms with Gasteiger partial charge in [0.15, 0.2) is 0 Å². The quantitative estimate of drug-likeness (QED) is 0.414. The number of carboxylic acid groups (broad SMARTS) is 2. The fourth-order valence-electron chi connectivity index (χ4n) is 0. The Morgan fingerprint density at radius 3 is 1.09 bits per heavy atom. The molecule has 0 saturated carbocycles. The predicted octanol–water partition coefficient (Wildman–Crippen LogP) is -2.80. The van der Waals surface area contributed by atoms with Crippen LogP contribution in [0.5, 0.6) is 0 Å². The summed E-state index contributed by atoms with van der Waals surface area (Å²) in [7, 11) is 0. The van der Waals surface area contributed by atoms with Crippen molar-refractivity contribution in [2.24, 2.45) is 0 Å². The molecule has 0 bridgehead atoms. The maximum atomic E-state index is 9.07. The predicted molar refractivity (Wildman–Crippen MR) is 34.1 cm³/mol. The summed E-state index contributed by atoms with van der Waals surface area (Å²) >= 11 is 0. The Hall–Kier alpha value is -0.374. The molecule has 0 aromatic carbocycles. The molecule has 0 aromatic heterocycles. The molecule has 0 saturated heterocycles.